The Morgan fingerprint density at radius 3 is 2.55 bits per heavy atom. The predicted molar refractivity (Wildman–Crippen MR) is 86.4 cm³/mol. The number of aromatic nitrogens is 2. The summed E-state index contributed by atoms with van der Waals surface area (Å²) in [5.41, 5.74) is 0.885. The number of halogens is 1. The van der Waals surface area contributed by atoms with Crippen molar-refractivity contribution in [1.82, 2.24) is 20.4 Å². The highest BCUT2D eigenvalue weighted by Gasteiger charge is 2.21. The van der Waals surface area contributed by atoms with Crippen LogP contribution in [-0.4, -0.2) is 40.2 Å². The lowest BCUT2D eigenvalue weighted by molar-refractivity contribution is -0.386. The summed E-state index contributed by atoms with van der Waals surface area (Å²) in [5.74, 6) is -0.0801. The summed E-state index contributed by atoms with van der Waals surface area (Å²) in [6.45, 7) is 7.92. The molecule has 1 aromatic heterocycles. The highest BCUT2D eigenvalue weighted by atomic mass is 35.5. The Morgan fingerprint density at radius 2 is 2.00 bits per heavy atom. The number of nitrogens with one attached hydrogen (secondary N) is 2. The molecule has 0 saturated heterocycles. The molecule has 22 heavy (non-hydrogen) atoms. The molecule has 1 amide bonds. The van der Waals surface area contributed by atoms with Crippen molar-refractivity contribution in [3.63, 3.8) is 0 Å². The van der Waals surface area contributed by atoms with E-state index in [-0.39, 0.29) is 30.4 Å². The first-order valence-corrected chi connectivity index (χ1v) is 7.13. The maximum Gasteiger partial charge on any atom is 0.312 e. The largest absolute Gasteiger partial charge is 0.355 e. The van der Waals surface area contributed by atoms with Gasteiger partial charge in [-0.3, -0.25) is 19.6 Å². The molecule has 0 atom stereocenters. The summed E-state index contributed by atoms with van der Waals surface area (Å²) in [6, 6.07) is 0. The summed E-state index contributed by atoms with van der Waals surface area (Å²) in [7, 11) is 0. The van der Waals surface area contributed by atoms with Crippen molar-refractivity contribution < 1.29 is 9.72 Å². The van der Waals surface area contributed by atoms with Crippen molar-refractivity contribution >= 4 is 24.0 Å². The van der Waals surface area contributed by atoms with Crippen molar-refractivity contribution in [2.45, 2.75) is 40.2 Å². The first-order valence-electron chi connectivity index (χ1n) is 7.13. The van der Waals surface area contributed by atoms with Crippen LogP contribution in [0, 0.1) is 24.0 Å². The summed E-state index contributed by atoms with van der Waals surface area (Å²) in [5, 5.41) is 21.0. The van der Waals surface area contributed by atoms with Crippen LogP contribution in [0.3, 0.4) is 0 Å². The second kappa shape index (κ2) is 10.1. The smallest absolute Gasteiger partial charge is 0.312 e. The van der Waals surface area contributed by atoms with Crippen molar-refractivity contribution in [2.75, 3.05) is 19.6 Å². The number of amides is 1. The van der Waals surface area contributed by atoms with Crippen LogP contribution in [0.25, 0.3) is 0 Å². The number of carbonyl (C=O) groups excluding carboxylic acids is 1. The average molecular weight is 334 g/mol. The van der Waals surface area contributed by atoms with Gasteiger partial charge in [-0.25, -0.2) is 0 Å². The lowest BCUT2D eigenvalue weighted by Crippen LogP contribution is -2.32. The van der Waals surface area contributed by atoms with Crippen LogP contribution < -0.4 is 10.6 Å². The summed E-state index contributed by atoms with van der Waals surface area (Å²) in [4.78, 5) is 22.1. The van der Waals surface area contributed by atoms with Gasteiger partial charge in [0, 0.05) is 19.5 Å². The molecule has 126 valence electrons. The molecule has 0 radical (unpaired) electrons. The summed E-state index contributed by atoms with van der Waals surface area (Å²) < 4.78 is 1.52. The first kappa shape index (κ1) is 20.3. The number of rotatable bonds is 9. The SMILES string of the molecule is CCCNCCNC(=O)CCn1nc(C)c([N+](=O)[O-])c1C.Cl. The van der Waals surface area contributed by atoms with Gasteiger partial charge in [-0.1, -0.05) is 6.92 Å². The Balaban J connectivity index is 0.00000441. The van der Waals surface area contributed by atoms with E-state index in [0.29, 0.717) is 24.5 Å². The van der Waals surface area contributed by atoms with E-state index in [1.165, 1.54) is 4.68 Å². The molecule has 1 rings (SSSR count). The van der Waals surface area contributed by atoms with Crippen molar-refractivity contribution in [3.05, 3.63) is 21.5 Å². The molecule has 9 heteroatoms. The lowest BCUT2D eigenvalue weighted by atomic mass is 10.3. The fraction of sp³-hybridized carbons (Fsp3) is 0.692. The second-order valence-corrected chi connectivity index (χ2v) is 4.85. The van der Waals surface area contributed by atoms with E-state index in [4.69, 9.17) is 0 Å². The number of hydrogen-bond donors (Lipinski definition) is 2. The monoisotopic (exact) mass is 333 g/mol. The third-order valence-corrected chi connectivity index (χ3v) is 3.13. The van der Waals surface area contributed by atoms with Gasteiger partial charge in [0.25, 0.3) is 0 Å². The molecule has 2 N–H and O–H groups in total. The van der Waals surface area contributed by atoms with Crippen LogP contribution in [0.1, 0.15) is 31.2 Å². The summed E-state index contributed by atoms with van der Waals surface area (Å²) >= 11 is 0. The van der Waals surface area contributed by atoms with E-state index < -0.39 is 4.92 Å². The molecule has 0 unspecified atom stereocenters. The maximum atomic E-state index is 11.7. The molecular formula is C13H24ClN5O3. The maximum absolute atomic E-state index is 11.7. The zero-order valence-corrected chi connectivity index (χ0v) is 14.0. The highest BCUT2D eigenvalue weighted by Crippen LogP contribution is 2.21. The Kier molecular flexibility index (Phi) is 9.35. The van der Waals surface area contributed by atoms with E-state index >= 15 is 0 Å². The van der Waals surface area contributed by atoms with E-state index in [2.05, 4.69) is 22.7 Å². The summed E-state index contributed by atoms with van der Waals surface area (Å²) in [6.07, 6.45) is 1.32. The Morgan fingerprint density at radius 1 is 1.32 bits per heavy atom. The number of nitrogens with zero attached hydrogens (tertiary/aromatic N) is 3. The number of aryl methyl sites for hydroxylation is 2. The molecule has 0 aromatic carbocycles. The minimum absolute atomic E-state index is 0. The third kappa shape index (κ3) is 5.98. The van der Waals surface area contributed by atoms with Crippen LogP contribution in [0.15, 0.2) is 0 Å². The van der Waals surface area contributed by atoms with Gasteiger partial charge < -0.3 is 10.6 Å². The fourth-order valence-electron chi connectivity index (χ4n) is 2.06. The van der Waals surface area contributed by atoms with Gasteiger partial charge in [-0.15, -0.1) is 12.4 Å². The van der Waals surface area contributed by atoms with E-state index in [9.17, 15) is 14.9 Å². The van der Waals surface area contributed by atoms with Crippen molar-refractivity contribution in [2.24, 2.45) is 0 Å². The molecule has 0 spiro atoms. The van der Waals surface area contributed by atoms with Crippen LogP contribution >= 0.6 is 12.4 Å². The zero-order chi connectivity index (χ0) is 15.8. The number of carbonyl (C=O) groups is 1. The van der Waals surface area contributed by atoms with Gasteiger partial charge >= 0.3 is 5.69 Å². The topological polar surface area (TPSA) is 102 Å². The van der Waals surface area contributed by atoms with Crippen LogP contribution in [0.4, 0.5) is 5.69 Å². The predicted octanol–water partition coefficient (Wildman–Crippen LogP) is 1.34. The molecular weight excluding hydrogens is 310 g/mol. The second-order valence-electron chi connectivity index (χ2n) is 4.85. The number of hydrogen-bond acceptors (Lipinski definition) is 5. The van der Waals surface area contributed by atoms with Gasteiger partial charge in [-0.2, -0.15) is 5.10 Å². The number of nitro groups is 1. The van der Waals surface area contributed by atoms with E-state index in [0.717, 1.165) is 19.5 Å². The Bertz CT molecular complexity index is 504. The standard InChI is InChI=1S/C13H23N5O3.ClH/c1-4-6-14-7-8-15-12(19)5-9-17-11(3)13(18(20)21)10(2)16-17;/h14H,4-9H2,1-3H3,(H,15,19);1H. The molecule has 0 fully saturated rings. The quantitative estimate of drug-likeness (QED) is 0.403. The normalized spacial score (nSPS) is 10.1. The lowest BCUT2D eigenvalue weighted by Gasteiger charge is -2.07. The Hall–Kier alpha value is -1.67. The van der Waals surface area contributed by atoms with Crippen LogP contribution in [-0.2, 0) is 11.3 Å². The van der Waals surface area contributed by atoms with Gasteiger partial charge in [0.05, 0.1) is 11.5 Å². The zero-order valence-electron chi connectivity index (χ0n) is 13.2. The van der Waals surface area contributed by atoms with Gasteiger partial charge in [0.2, 0.25) is 5.91 Å². The third-order valence-electron chi connectivity index (χ3n) is 3.13. The molecule has 0 bridgehead atoms. The Labute approximate surface area is 136 Å². The molecule has 8 nitrogen and oxygen atoms in total. The van der Waals surface area contributed by atoms with E-state index in [1.807, 2.05) is 0 Å². The molecule has 1 heterocycles. The van der Waals surface area contributed by atoms with Crippen molar-refractivity contribution in [3.8, 4) is 0 Å². The van der Waals surface area contributed by atoms with Crippen LogP contribution in [0.5, 0.6) is 0 Å². The van der Waals surface area contributed by atoms with E-state index in [1.54, 1.807) is 13.8 Å². The molecule has 0 aliphatic heterocycles. The minimum atomic E-state index is -0.437. The molecule has 0 aliphatic rings. The molecule has 0 saturated carbocycles. The van der Waals surface area contributed by atoms with Crippen LogP contribution in [0.2, 0.25) is 0 Å². The molecule has 1 aromatic rings. The van der Waals surface area contributed by atoms with Gasteiger partial charge in [0.1, 0.15) is 11.4 Å². The minimum Gasteiger partial charge on any atom is -0.355 e. The first-order chi connectivity index (χ1) is 9.97. The van der Waals surface area contributed by atoms with Gasteiger partial charge in [0.15, 0.2) is 0 Å². The average Bonchev–Trinajstić information content (AvgIpc) is 2.70. The van der Waals surface area contributed by atoms with Gasteiger partial charge in [-0.05, 0) is 26.8 Å². The molecule has 0 aliphatic carbocycles. The highest BCUT2D eigenvalue weighted by molar-refractivity contribution is 5.85. The van der Waals surface area contributed by atoms with Crippen molar-refractivity contribution in [1.29, 1.82) is 0 Å². The fourth-order valence-corrected chi connectivity index (χ4v) is 2.06.